The quantitative estimate of drug-likeness (QED) is 0.499. The second-order valence-electron chi connectivity index (χ2n) is 2.38. The largest absolute Gasteiger partial charge is 0.482 e. The molecule has 1 rings (SSSR count). The first-order chi connectivity index (χ1) is 5.49. The summed E-state index contributed by atoms with van der Waals surface area (Å²) in [5, 5.41) is 0. The molecule has 1 heterocycles. The third-order valence-electron chi connectivity index (χ3n) is 1.30. The van der Waals surface area contributed by atoms with Crippen molar-refractivity contribution >= 4 is 6.98 Å². The molecule has 1 aromatic heterocycles. The summed E-state index contributed by atoms with van der Waals surface area (Å²) in [5.41, 5.74) is -0.398. The minimum atomic E-state index is -4.98. The van der Waals surface area contributed by atoms with E-state index >= 15 is 0 Å². The van der Waals surface area contributed by atoms with Crippen molar-refractivity contribution < 1.29 is 17.3 Å². The summed E-state index contributed by atoms with van der Waals surface area (Å²) >= 11 is 0. The molecule has 0 atom stereocenters. The Labute approximate surface area is 66.5 Å². The van der Waals surface area contributed by atoms with Crippen molar-refractivity contribution in [3.63, 3.8) is 0 Å². The van der Waals surface area contributed by atoms with Crippen LogP contribution in [0.5, 0.6) is 0 Å². The smallest absolute Gasteiger partial charge is 0.449 e. The highest BCUT2D eigenvalue weighted by Crippen LogP contribution is 2.17. The maximum Gasteiger partial charge on any atom is 0.482 e. The van der Waals surface area contributed by atoms with E-state index < -0.39 is 24.7 Å². The van der Waals surface area contributed by atoms with Gasteiger partial charge in [0.25, 0.3) is 0 Å². The predicted molar refractivity (Wildman–Crippen MR) is 37.0 cm³/mol. The van der Waals surface area contributed by atoms with E-state index in [0.29, 0.717) is 0 Å². The van der Waals surface area contributed by atoms with Gasteiger partial charge in [-0.1, -0.05) is 6.32 Å². The Hall–Kier alpha value is -1.07. The van der Waals surface area contributed by atoms with Crippen LogP contribution in [-0.2, 0) is 6.32 Å². The number of aromatic nitrogens is 1. The Morgan fingerprint density at radius 2 is 2.00 bits per heavy atom. The molecule has 12 heavy (non-hydrogen) atoms. The molecule has 0 saturated heterocycles. The molecule has 1 aromatic rings. The second kappa shape index (κ2) is 3.12. The first kappa shape index (κ1) is 9.03. The van der Waals surface area contributed by atoms with Crippen LogP contribution in [0, 0.1) is 5.82 Å². The van der Waals surface area contributed by atoms with Gasteiger partial charge in [0.15, 0.2) is 0 Å². The van der Waals surface area contributed by atoms with E-state index in [1.165, 1.54) is 0 Å². The monoisotopic (exact) mass is 178 g/mol. The molecular formula is C6H5BF4N-. The second-order valence-corrected chi connectivity index (χ2v) is 2.38. The zero-order valence-electron chi connectivity index (χ0n) is 5.98. The lowest BCUT2D eigenvalue weighted by Crippen LogP contribution is -2.20. The van der Waals surface area contributed by atoms with Crippen LogP contribution in [0.15, 0.2) is 18.5 Å². The van der Waals surface area contributed by atoms with Crippen molar-refractivity contribution in [1.82, 2.24) is 4.98 Å². The van der Waals surface area contributed by atoms with E-state index in [1.807, 2.05) is 0 Å². The highest BCUT2D eigenvalue weighted by molar-refractivity contribution is 6.57. The van der Waals surface area contributed by atoms with E-state index in [2.05, 4.69) is 4.98 Å². The number of hydrogen-bond acceptors (Lipinski definition) is 1. The van der Waals surface area contributed by atoms with Crippen LogP contribution in [0.3, 0.4) is 0 Å². The summed E-state index contributed by atoms with van der Waals surface area (Å²) in [4.78, 5) is 3.40. The molecule has 1 nitrogen and oxygen atoms in total. The van der Waals surface area contributed by atoms with E-state index in [1.54, 1.807) is 0 Å². The van der Waals surface area contributed by atoms with E-state index in [-0.39, 0.29) is 0 Å². The first-order valence-corrected chi connectivity index (χ1v) is 3.28. The number of halogens is 4. The Morgan fingerprint density at radius 3 is 2.50 bits per heavy atom. The summed E-state index contributed by atoms with van der Waals surface area (Å²) in [7, 11) is 0. The first-order valence-electron chi connectivity index (χ1n) is 3.28. The van der Waals surface area contributed by atoms with Crippen molar-refractivity contribution in [3.8, 4) is 0 Å². The van der Waals surface area contributed by atoms with E-state index in [4.69, 9.17) is 0 Å². The summed E-state index contributed by atoms with van der Waals surface area (Å²) in [6.07, 6.45) is 0.798. The molecule has 0 aromatic carbocycles. The molecule has 0 spiro atoms. The number of nitrogens with zero attached hydrogens (tertiary/aromatic N) is 1. The highest BCUT2D eigenvalue weighted by Gasteiger charge is 2.24. The van der Waals surface area contributed by atoms with Crippen LogP contribution in [0.2, 0.25) is 0 Å². The van der Waals surface area contributed by atoms with Crippen LogP contribution in [0.4, 0.5) is 17.3 Å². The fourth-order valence-corrected chi connectivity index (χ4v) is 0.810. The topological polar surface area (TPSA) is 12.9 Å². The van der Waals surface area contributed by atoms with Crippen LogP contribution in [0.1, 0.15) is 5.56 Å². The summed E-state index contributed by atoms with van der Waals surface area (Å²) in [5.74, 6) is -0.857. The molecule has 0 aliphatic heterocycles. The van der Waals surface area contributed by atoms with E-state index in [9.17, 15) is 17.3 Å². The third kappa shape index (κ3) is 2.52. The van der Waals surface area contributed by atoms with Gasteiger partial charge in [-0.2, -0.15) is 0 Å². The van der Waals surface area contributed by atoms with E-state index in [0.717, 1.165) is 18.5 Å². The van der Waals surface area contributed by atoms with Gasteiger partial charge in [-0.3, -0.25) is 4.98 Å². The molecule has 0 aliphatic carbocycles. The standard InChI is InChI=1S/C6H5BF4N/c8-6-1-2-12-4-5(6)3-7(9,10)11/h1-2,4H,3H2/q-1. The average Bonchev–Trinajstić information content (AvgIpc) is 1.91. The van der Waals surface area contributed by atoms with Gasteiger partial charge in [-0.05, 0) is 11.6 Å². The van der Waals surface area contributed by atoms with Crippen LogP contribution < -0.4 is 0 Å². The molecule has 0 N–H and O–H groups in total. The lowest BCUT2D eigenvalue weighted by atomic mass is 9.82. The highest BCUT2D eigenvalue weighted by atomic mass is 19.4. The van der Waals surface area contributed by atoms with Crippen molar-refractivity contribution in [1.29, 1.82) is 0 Å². The van der Waals surface area contributed by atoms with Gasteiger partial charge < -0.3 is 12.9 Å². The lowest BCUT2D eigenvalue weighted by molar-refractivity contribution is 0.464. The maximum atomic E-state index is 12.6. The Balaban J connectivity index is 2.83. The number of pyridine rings is 1. The Bertz CT molecular complexity index is 272. The molecule has 0 bridgehead atoms. The van der Waals surface area contributed by atoms with Crippen LogP contribution in [-0.4, -0.2) is 12.0 Å². The third-order valence-corrected chi connectivity index (χ3v) is 1.30. The van der Waals surface area contributed by atoms with Crippen molar-refractivity contribution in [2.45, 2.75) is 6.32 Å². The maximum absolute atomic E-state index is 12.6. The molecule has 66 valence electrons. The summed E-state index contributed by atoms with van der Waals surface area (Å²) in [6.45, 7) is -4.98. The molecule has 0 aliphatic rings. The molecule has 0 unspecified atom stereocenters. The Morgan fingerprint density at radius 1 is 1.33 bits per heavy atom. The van der Waals surface area contributed by atoms with Crippen LogP contribution in [0.25, 0.3) is 0 Å². The predicted octanol–water partition coefficient (Wildman–Crippen LogP) is 2.15. The van der Waals surface area contributed by atoms with Gasteiger partial charge in [0.05, 0.1) is 0 Å². The average molecular weight is 178 g/mol. The lowest BCUT2D eigenvalue weighted by Gasteiger charge is -2.12. The van der Waals surface area contributed by atoms with Gasteiger partial charge in [0, 0.05) is 12.4 Å². The summed E-state index contributed by atoms with van der Waals surface area (Å²) in [6, 6.07) is 0.914. The molecule has 0 amide bonds. The zero-order valence-corrected chi connectivity index (χ0v) is 5.98. The van der Waals surface area contributed by atoms with Gasteiger partial charge in [0.1, 0.15) is 5.82 Å². The molecule has 0 radical (unpaired) electrons. The van der Waals surface area contributed by atoms with Gasteiger partial charge in [0.2, 0.25) is 0 Å². The zero-order chi connectivity index (χ0) is 9.19. The van der Waals surface area contributed by atoms with Gasteiger partial charge in [-0.25, -0.2) is 4.39 Å². The van der Waals surface area contributed by atoms with Crippen molar-refractivity contribution in [3.05, 3.63) is 29.8 Å². The number of hydrogen-bond donors (Lipinski definition) is 0. The minimum absolute atomic E-state index is 0.398. The fraction of sp³-hybridized carbons (Fsp3) is 0.167. The van der Waals surface area contributed by atoms with Gasteiger partial charge in [-0.15, -0.1) is 0 Å². The van der Waals surface area contributed by atoms with Crippen molar-refractivity contribution in [2.75, 3.05) is 0 Å². The Kier molecular flexibility index (Phi) is 2.35. The summed E-state index contributed by atoms with van der Waals surface area (Å²) < 4.78 is 48.0. The minimum Gasteiger partial charge on any atom is -0.449 e. The normalized spacial score (nSPS) is 11.7. The SMILES string of the molecule is Fc1ccncc1C[B-](F)(F)F. The van der Waals surface area contributed by atoms with Crippen LogP contribution >= 0.6 is 0 Å². The molecule has 0 saturated carbocycles. The number of rotatable bonds is 2. The molecule has 0 fully saturated rings. The molecular weight excluding hydrogens is 173 g/mol. The molecule has 6 heteroatoms. The van der Waals surface area contributed by atoms with Gasteiger partial charge >= 0.3 is 6.98 Å². The fourth-order valence-electron chi connectivity index (χ4n) is 0.810. The van der Waals surface area contributed by atoms with Crippen molar-refractivity contribution in [2.24, 2.45) is 0 Å².